The molecule has 178 valence electrons. The highest BCUT2D eigenvalue weighted by Crippen LogP contribution is 2.23. The molecule has 2 aromatic heterocycles. The first-order valence-corrected chi connectivity index (χ1v) is 10.7. The Kier molecular flexibility index (Phi) is 7.41. The lowest BCUT2D eigenvalue weighted by Crippen LogP contribution is -2.17. The summed E-state index contributed by atoms with van der Waals surface area (Å²) in [5, 5.41) is 7.75. The maximum Gasteiger partial charge on any atom is 0.573 e. The van der Waals surface area contributed by atoms with Crippen LogP contribution in [0.3, 0.4) is 0 Å². The number of nitrogens with one attached hydrogen (secondary N) is 2. The maximum atomic E-state index is 12.3. The quantitative estimate of drug-likeness (QED) is 0.172. The normalized spacial score (nSPS) is 11.4. The van der Waals surface area contributed by atoms with Crippen molar-refractivity contribution in [2.75, 3.05) is 10.7 Å². The van der Waals surface area contributed by atoms with Crippen LogP contribution in [0.4, 0.5) is 24.9 Å². The smallest absolute Gasteiger partial charge is 0.406 e. The summed E-state index contributed by atoms with van der Waals surface area (Å²) in [7, 11) is 0. The molecule has 0 bridgehead atoms. The van der Waals surface area contributed by atoms with E-state index in [1.165, 1.54) is 30.5 Å². The minimum Gasteiger partial charge on any atom is -0.406 e. The number of pyridine rings is 1. The Bertz CT molecular complexity index is 1280. The van der Waals surface area contributed by atoms with Crippen LogP contribution in [0.1, 0.15) is 11.1 Å². The first-order chi connectivity index (χ1) is 16.8. The number of halogens is 4. The van der Waals surface area contributed by atoms with Gasteiger partial charge >= 0.3 is 6.36 Å². The van der Waals surface area contributed by atoms with Crippen molar-refractivity contribution in [3.63, 3.8) is 0 Å². The van der Waals surface area contributed by atoms with Gasteiger partial charge in [0.2, 0.25) is 5.95 Å². The summed E-state index contributed by atoms with van der Waals surface area (Å²) in [5.41, 5.74) is 5.80. The first kappa shape index (κ1) is 24.0. The summed E-state index contributed by atoms with van der Waals surface area (Å²) in [6.07, 6.45) is -1.64. The van der Waals surface area contributed by atoms with Crippen molar-refractivity contribution in [1.82, 2.24) is 15.0 Å². The summed E-state index contributed by atoms with van der Waals surface area (Å²) in [5.74, 6) is 0.477. The zero-order chi connectivity index (χ0) is 24.7. The molecule has 35 heavy (non-hydrogen) atoms. The Labute approximate surface area is 203 Å². The molecule has 0 radical (unpaired) electrons. The van der Waals surface area contributed by atoms with Crippen molar-refractivity contribution < 1.29 is 17.9 Å². The third-order valence-corrected chi connectivity index (χ3v) is 4.77. The molecule has 7 nitrogen and oxygen atoms in total. The largest absolute Gasteiger partial charge is 0.573 e. The van der Waals surface area contributed by atoms with Crippen molar-refractivity contribution >= 4 is 29.6 Å². The standard InChI is InChI=1S/C24H18ClF3N6O/c25-21-11-8-17(13-29-21)14-30-22-12-20(18-4-2-1-3-5-18)32-23(33-22)34-31-15-16-6-9-19(10-7-16)35-24(26,27)28/h1-13,15H,14H2,(H2,30,32,33,34)/b31-15+. The molecule has 2 heterocycles. The van der Waals surface area contributed by atoms with Crippen molar-refractivity contribution in [2.24, 2.45) is 5.10 Å². The number of hydrogen-bond donors (Lipinski definition) is 2. The maximum absolute atomic E-state index is 12.3. The van der Waals surface area contributed by atoms with Gasteiger partial charge in [0.05, 0.1) is 11.9 Å². The fraction of sp³-hybridized carbons (Fsp3) is 0.0833. The van der Waals surface area contributed by atoms with Crippen LogP contribution in [0.5, 0.6) is 5.75 Å². The molecule has 0 unspecified atom stereocenters. The zero-order valence-electron chi connectivity index (χ0n) is 18.0. The van der Waals surface area contributed by atoms with Gasteiger partial charge in [-0.3, -0.25) is 0 Å². The molecule has 4 aromatic rings. The lowest BCUT2D eigenvalue weighted by molar-refractivity contribution is -0.274. The third-order valence-electron chi connectivity index (χ3n) is 4.55. The van der Waals surface area contributed by atoms with E-state index >= 15 is 0 Å². The summed E-state index contributed by atoms with van der Waals surface area (Å²) >= 11 is 5.84. The zero-order valence-corrected chi connectivity index (χ0v) is 18.8. The van der Waals surface area contributed by atoms with Gasteiger partial charge in [-0.1, -0.05) is 48.0 Å². The Morgan fingerprint density at radius 3 is 2.43 bits per heavy atom. The second-order valence-electron chi connectivity index (χ2n) is 7.16. The molecule has 11 heteroatoms. The highest BCUT2D eigenvalue weighted by atomic mass is 35.5. The average Bonchev–Trinajstić information content (AvgIpc) is 2.84. The predicted octanol–water partition coefficient (Wildman–Crippen LogP) is 6.15. The van der Waals surface area contributed by atoms with E-state index in [0.29, 0.717) is 28.8 Å². The molecular weight excluding hydrogens is 481 g/mol. The van der Waals surface area contributed by atoms with Crippen LogP contribution in [0.15, 0.2) is 84.1 Å². The fourth-order valence-electron chi connectivity index (χ4n) is 2.97. The molecule has 0 aliphatic heterocycles. The Balaban J connectivity index is 1.49. The van der Waals surface area contributed by atoms with E-state index in [0.717, 1.165) is 11.1 Å². The van der Waals surface area contributed by atoms with Crippen molar-refractivity contribution in [2.45, 2.75) is 12.9 Å². The predicted molar refractivity (Wildman–Crippen MR) is 128 cm³/mol. The molecule has 0 fully saturated rings. The van der Waals surface area contributed by atoms with Gasteiger partial charge in [0.25, 0.3) is 0 Å². The van der Waals surface area contributed by atoms with Gasteiger partial charge < -0.3 is 10.1 Å². The number of benzene rings is 2. The van der Waals surface area contributed by atoms with Crippen LogP contribution < -0.4 is 15.5 Å². The van der Waals surface area contributed by atoms with E-state index in [4.69, 9.17) is 11.6 Å². The van der Waals surface area contributed by atoms with Crippen LogP contribution in [-0.4, -0.2) is 27.5 Å². The van der Waals surface area contributed by atoms with Gasteiger partial charge in [0.15, 0.2) is 0 Å². The number of ether oxygens (including phenoxy) is 1. The minimum absolute atomic E-state index is 0.233. The van der Waals surface area contributed by atoms with Crippen LogP contribution >= 0.6 is 11.6 Å². The number of aromatic nitrogens is 3. The van der Waals surface area contributed by atoms with E-state index in [1.807, 2.05) is 42.5 Å². The van der Waals surface area contributed by atoms with Crippen molar-refractivity contribution in [1.29, 1.82) is 0 Å². The first-order valence-electron chi connectivity index (χ1n) is 10.3. The summed E-state index contributed by atoms with van der Waals surface area (Å²) in [4.78, 5) is 13.0. The molecular formula is C24H18ClF3N6O. The molecule has 4 rings (SSSR count). The second kappa shape index (κ2) is 10.8. The van der Waals surface area contributed by atoms with Crippen LogP contribution in [0, 0.1) is 0 Å². The number of nitrogens with zero attached hydrogens (tertiary/aromatic N) is 4. The molecule has 0 aliphatic carbocycles. The number of hydrogen-bond acceptors (Lipinski definition) is 7. The van der Waals surface area contributed by atoms with Crippen LogP contribution in [-0.2, 0) is 6.54 Å². The van der Waals surface area contributed by atoms with E-state index in [1.54, 1.807) is 12.3 Å². The van der Waals surface area contributed by atoms with Gasteiger partial charge in [0.1, 0.15) is 16.7 Å². The molecule has 2 aromatic carbocycles. The molecule has 0 saturated heterocycles. The molecule has 0 saturated carbocycles. The van der Waals surface area contributed by atoms with E-state index in [-0.39, 0.29) is 11.7 Å². The monoisotopic (exact) mass is 498 g/mol. The van der Waals surface area contributed by atoms with Gasteiger partial charge in [-0.25, -0.2) is 15.4 Å². The summed E-state index contributed by atoms with van der Waals surface area (Å²) in [6.45, 7) is 0.463. The number of rotatable bonds is 8. The lowest BCUT2D eigenvalue weighted by Gasteiger charge is -2.10. The number of anilines is 2. The van der Waals surface area contributed by atoms with E-state index < -0.39 is 6.36 Å². The Morgan fingerprint density at radius 1 is 0.971 bits per heavy atom. The minimum atomic E-state index is -4.74. The Morgan fingerprint density at radius 2 is 1.74 bits per heavy atom. The highest BCUT2D eigenvalue weighted by Gasteiger charge is 2.30. The van der Waals surface area contributed by atoms with E-state index in [2.05, 4.69) is 35.5 Å². The average molecular weight is 499 g/mol. The topological polar surface area (TPSA) is 84.3 Å². The van der Waals surface area contributed by atoms with Gasteiger partial charge in [-0.2, -0.15) is 10.1 Å². The number of alkyl halides is 3. The Hall–Kier alpha value is -4.18. The molecule has 0 amide bonds. The molecule has 0 spiro atoms. The SMILES string of the molecule is FC(F)(F)Oc1ccc(/C=N/Nc2nc(NCc3ccc(Cl)nc3)cc(-c3ccccc3)n2)cc1. The van der Waals surface area contributed by atoms with Crippen LogP contribution in [0.25, 0.3) is 11.3 Å². The molecule has 0 aliphatic rings. The molecule has 2 N–H and O–H groups in total. The summed E-state index contributed by atoms with van der Waals surface area (Å²) in [6, 6.07) is 20.2. The highest BCUT2D eigenvalue weighted by molar-refractivity contribution is 6.29. The van der Waals surface area contributed by atoms with Crippen molar-refractivity contribution in [3.05, 3.63) is 95.3 Å². The van der Waals surface area contributed by atoms with Gasteiger partial charge in [-0.15, -0.1) is 13.2 Å². The van der Waals surface area contributed by atoms with Gasteiger partial charge in [0, 0.05) is 24.4 Å². The van der Waals surface area contributed by atoms with E-state index in [9.17, 15) is 13.2 Å². The second-order valence-corrected chi connectivity index (χ2v) is 7.54. The fourth-order valence-corrected chi connectivity index (χ4v) is 3.08. The van der Waals surface area contributed by atoms with Crippen LogP contribution in [0.2, 0.25) is 5.15 Å². The van der Waals surface area contributed by atoms with Gasteiger partial charge in [-0.05, 0) is 41.5 Å². The molecule has 0 atom stereocenters. The third kappa shape index (κ3) is 7.41. The lowest BCUT2D eigenvalue weighted by atomic mass is 10.1. The number of hydrazone groups is 1. The summed E-state index contributed by atoms with van der Waals surface area (Å²) < 4.78 is 40.8. The van der Waals surface area contributed by atoms with Crippen molar-refractivity contribution in [3.8, 4) is 17.0 Å².